The first kappa shape index (κ1) is 15.0. The van der Waals surface area contributed by atoms with Gasteiger partial charge in [0.15, 0.2) is 0 Å². The molecule has 0 amide bonds. The third-order valence-corrected chi connectivity index (χ3v) is 5.30. The molecule has 4 aromatic rings. The maximum atomic E-state index is 11.0. The average Bonchev–Trinajstić information content (AvgIpc) is 3.09. The van der Waals surface area contributed by atoms with Crippen molar-refractivity contribution in [2.45, 2.75) is 0 Å². The minimum atomic E-state index is -0.961. The molecule has 0 saturated heterocycles. The van der Waals surface area contributed by atoms with Gasteiger partial charge in [0.1, 0.15) is 4.83 Å². The Morgan fingerprint density at radius 1 is 1.12 bits per heavy atom. The van der Waals surface area contributed by atoms with Gasteiger partial charge in [-0.3, -0.25) is 0 Å². The van der Waals surface area contributed by atoms with Gasteiger partial charge in [0.2, 0.25) is 0 Å². The van der Waals surface area contributed by atoms with Crippen molar-refractivity contribution < 1.29 is 9.90 Å². The highest BCUT2D eigenvalue weighted by Gasteiger charge is 2.15. The summed E-state index contributed by atoms with van der Waals surface area (Å²) in [5.41, 5.74) is 4.01. The molecule has 0 bridgehead atoms. The summed E-state index contributed by atoms with van der Waals surface area (Å²) in [7, 11) is 0. The molecule has 1 N–H and O–H groups in total. The number of aromatic nitrogens is 1. The number of halogens is 1. The fourth-order valence-corrected chi connectivity index (χ4v) is 4.10. The van der Waals surface area contributed by atoms with Gasteiger partial charge in [0.25, 0.3) is 0 Å². The second-order valence-electron chi connectivity index (χ2n) is 5.38. The van der Waals surface area contributed by atoms with Crippen molar-refractivity contribution in [3.8, 4) is 11.1 Å². The van der Waals surface area contributed by atoms with Gasteiger partial charge >= 0.3 is 5.97 Å². The average molecular weight is 354 g/mol. The molecule has 3 nitrogen and oxygen atoms in total. The lowest BCUT2D eigenvalue weighted by atomic mass is 10.0. The molecule has 2 aromatic heterocycles. The predicted octanol–water partition coefficient (Wildman–Crippen LogP) is 5.57. The number of carboxylic acid groups (broad SMARTS) is 1. The van der Waals surface area contributed by atoms with Gasteiger partial charge in [-0.15, -0.1) is 11.3 Å². The van der Waals surface area contributed by atoms with Crippen LogP contribution in [0.4, 0.5) is 0 Å². The molecule has 0 unspecified atom stereocenters. The zero-order valence-corrected chi connectivity index (χ0v) is 14.0. The van der Waals surface area contributed by atoms with E-state index in [-0.39, 0.29) is 0 Å². The van der Waals surface area contributed by atoms with Crippen LogP contribution < -0.4 is 0 Å². The summed E-state index contributed by atoms with van der Waals surface area (Å²) in [6, 6.07) is 15.7. The first-order valence-electron chi connectivity index (χ1n) is 7.33. The number of carboxylic acids is 1. The van der Waals surface area contributed by atoms with E-state index in [0.29, 0.717) is 5.02 Å². The Morgan fingerprint density at radius 2 is 1.88 bits per heavy atom. The smallest absolute Gasteiger partial charge is 0.328 e. The van der Waals surface area contributed by atoms with Gasteiger partial charge in [0, 0.05) is 28.4 Å². The summed E-state index contributed by atoms with van der Waals surface area (Å²) in [6.45, 7) is 0. The Bertz CT molecular complexity index is 1090. The van der Waals surface area contributed by atoms with E-state index < -0.39 is 5.97 Å². The number of hydrogen-bond donors (Lipinski definition) is 1. The van der Waals surface area contributed by atoms with Crippen LogP contribution in [0.3, 0.4) is 0 Å². The van der Waals surface area contributed by atoms with Crippen LogP contribution in [-0.4, -0.2) is 15.5 Å². The highest BCUT2D eigenvalue weighted by Crippen LogP contribution is 2.37. The number of aliphatic carboxylic acids is 1. The molecular formula is C19H12ClNO2S. The van der Waals surface area contributed by atoms with Crippen molar-refractivity contribution in [3.63, 3.8) is 0 Å². The van der Waals surface area contributed by atoms with Crippen LogP contribution in [0, 0.1) is 0 Å². The minimum absolute atomic E-state index is 0.674. The molecule has 5 heteroatoms. The van der Waals surface area contributed by atoms with E-state index in [9.17, 15) is 4.79 Å². The minimum Gasteiger partial charge on any atom is -0.478 e. The van der Waals surface area contributed by atoms with Crippen molar-refractivity contribution in [1.29, 1.82) is 0 Å². The first-order chi connectivity index (χ1) is 11.6. The SMILES string of the molecule is O=C(O)/C=C/c1c(-c2ccc(Cl)cc2)cn2c1sc1ccccc12. The molecule has 0 aliphatic carbocycles. The zero-order valence-electron chi connectivity index (χ0n) is 12.4. The molecule has 2 aromatic carbocycles. The van der Waals surface area contributed by atoms with Crippen molar-refractivity contribution in [2.24, 2.45) is 0 Å². The van der Waals surface area contributed by atoms with Crippen LogP contribution in [0.1, 0.15) is 5.56 Å². The van der Waals surface area contributed by atoms with E-state index in [4.69, 9.17) is 16.7 Å². The molecule has 0 aliphatic rings. The molecule has 4 rings (SSSR count). The predicted molar refractivity (Wildman–Crippen MR) is 99.9 cm³/mol. The lowest BCUT2D eigenvalue weighted by molar-refractivity contribution is -0.131. The van der Waals surface area contributed by atoms with Crippen LogP contribution in [0.15, 0.2) is 60.8 Å². The van der Waals surface area contributed by atoms with Crippen LogP contribution in [-0.2, 0) is 4.79 Å². The van der Waals surface area contributed by atoms with Gasteiger partial charge < -0.3 is 9.51 Å². The summed E-state index contributed by atoms with van der Waals surface area (Å²) in [5.74, 6) is -0.961. The van der Waals surface area contributed by atoms with E-state index in [1.807, 2.05) is 36.4 Å². The molecule has 0 atom stereocenters. The number of rotatable bonds is 3. The number of benzene rings is 2. The molecule has 24 heavy (non-hydrogen) atoms. The Hall–Kier alpha value is -2.56. The Balaban J connectivity index is 2.02. The normalized spacial score (nSPS) is 11.7. The van der Waals surface area contributed by atoms with E-state index >= 15 is 0 Å². The molecular weight excluding hydrogens is 342 g/mol. The van der Waals surface area contributed by atoms with Crippen LogP contribution in [0.2, 0.25) is 5.02 Å². The highest BCUT2D eigenvalue weighted by atomic mass is 35.5. The number of hydrogen-bond acceptors (Lipinski definition) is 2. The Morgan fingerprint density at radius 3 is 2.62 bits per heavy atom. The first-order valence-corrected chi connectivity index (χ1v) is 8.52. The van der Waals surface area contributed by atoms with Gasteiger partial charge in [-0.05, 0) is 35.9 Å². The largest absolute Gasteiger partial charge is 0.478 e. The van der Waals surface area contributed by atoms with Crippen molar-refractivity contribution in [3.05, 3.63) is 71.4 Å². The number of para-hydroxylation sites is 1. The van der Waals surface area contributed by atoms with Gasteiger partial charge in [-0.2, -0.15) is 0 Å². The summed E-state index contributed by atoms with van der Waals surface area (Å²) in [6.07, 6.45) is 4.90. The molecule has 0 spiro atoms. The van der Waals surface area contributed by atoms with Crippen molar-refractivity contribution in [1.82, 2.24) is 4.40 Å². The standard InChI is InChI=1S/C19H12ClNO2S/c20-13-7-5-12(6-8-13)15-11-21-16-3-1-2-4-17(16)24-19(21)14(15)9-10-18(22)23/h1-11H,(H,22,23)/b10-9+. The summed E-state index contributed by atoms with van der Waals surface area (Å²) in [4.78, 5) is 12.0. The second-order valence-corrected chi connectivity index (χ2v) is 6.85. The number of thiazole rings is 1. The van der Waals surface area contributed by atoms with Crippen LogP contribution in [0.25, 0.3) is 32.2 Å². The van der Waals surface area contributed by atoms with Crippen molar-refractivity contribution >= 4 is 50.0 Å². The molecule has 0 saturated carbocycles. The molecule has 0 fully saturated rings. The van der Waals surface area contributed by atoms with Crippen molar-refractivity contribution in [2.75, 3.05) is 0 Å². The second kappa shape index (κ2) is 5.82. The van der Waals surface area contributed by atoms with E-state index in [1.165, 1.54) is 10.8 Å². The topological polar surface area (TPSA) is 41.7 Å². The highest BCUT2D eigenvalue weighted by molar-refractivity contribution is 7.24. The lowest BCUT2D eigenvalue weighted by Crippen LogP contribution is -1.86. The maximum Gasteiger partial charge on any atom is 0.328 e. The third kappa shape index (κ3) is 2.50. The summed E-state index contributed by atoms with van der Waals surface area (Å²) < 4.78 is 3.28. The fourth-order valence-electron chi connectivity index (χ4n) is 2.81. The fraction of sp³-hybridized carbons (Fsp3) is 0. The molecule has 2 heterocycles. The Labute approximate surface area is 147 Å². The molecule has 118 valence electrons. The molecule has 0 aliphatic heterocycles. The van der Waals surface area contributed by atoms with Gasteiger partial charge in [-0.1, -0.05) is 35.9 Å². The van der Waals surface area contributed by atoms with Crippen LogP contribution >= 0.6 is 22.9 Å². The molecule has 0 radical (unpaired) electrons. The van der Waals surface area contributed by atoms with E-state index in [0.717, 1.165) is 27.0 Å². The number of fused-ring (bicyclic) bond motifs is 3. The lowest BCUT2D eigenvalue weighted by Gasteiger charge is -2.01. The quantitative estimate of drug-likeness (QED) is 0.489. The van der Waals surface area contributed by atoms with Crippen LogP contribution in [0.5, 0.6) is 0 Å². The summed E-state index contributed by atoms with van der Waals surface area (Å²) >= 11 is 7.63. The van der Waals surface area contributed by atoms with E-state index in [2.05, 4.69) is 22.7 Å². The van der Waals surface area contributed by atoms with Gasteiger partial charge in [0.05, 0.1) is 10.2 Å². The third-order valence-electron chi connectivity index (χ3n) is 3.88. The monoisotopic (exact) mass is 353 g/mol. The zero-order chi connectivity index (χ0) is 16.7. The van der Waals surface area contributed by atoms with E-state index in [1.54, 1.807) is 17.4 Å². The summed E-state index contributed by atoms with van der Waals surface area (Å²) in [5, 5.41) is 9.69. The Kier molecular flexibility index (Phi) is 3.63. The van der Waals surface area contributed by atoms with Gasteiger partial charge in [-0.25, -0.2) is 4.79 Å². The maximum absolute atomic E-state index is 11.0. The number of nitrogens with zero attached hydrogens (tertiary/aromatic N) is 1. The number of carbonyl (C=O) groups is 1.